The summed E-state index contributed by atoms with van der Waals surface area (Å²) in [4.78, 5) is 26.8. The maximum atomic E-state index is 11.8. The van der Waals surface area contributed by atoms with Crippen molar-refractivity contribution in [2.45, 2.75) is 13.3 Å². The molecule has 0 aliphatic rings. The summed E-state index contributed by atoms with van der Waals surface area (Å²) >= 11 is 0.965. The zero-order chi connectivity index (χ0) is 13.8. The first-order chi connectivity index (χ1) is 9.08. The van der Waals surface area contributed by atoms with Gasteiger partial charge in [-0.05, 0) is 30.1 Å². The second kappa shape index (κ2) is 5.57. The molecule has 0 aromatic carbocycles. The number of aromatic nitrogens is 2. The van der Waals surface area contributed by atoms with Crippen LogP contribution in [0.15, 0.2) is 24.5 Å². The zero-order valence-corrected chi connectivity index (χ0v) is 10.9. The third-order valence-corrected chi connectivity index (χ3v) is 3.27. The molecule has 2 aromatic heterocycles. The van der Waals surface area contributed by atoms with Gasteiger partial charge >= 0.3 is 5.97 Å². The van der Waals surface area contributed by atoms with Crippen molar-refractivity contribution in [1.29, 1.82) is 0 Å². The van der Waals surface area contributed by atoms with Crippen LogP contribution >= 0.6 is 11.5 Å². The first-order valence-electron chi connectivity index (χ1n) is 5.46. The summed E-state index contributed by atoms with van der Waals surface area (Å²) < 4.78 is 3.93. The smallest absolute Gasteiger partial charge is 0.340 e. The predicted octanol–water partition coefficient (Wildman–Crippen LogP) is 1.73. The number of hydrogen-bond acceptors (Lipinski definition) is 5. The van der Waals surface area contributed by atoms with Gasteiger partial charge in [-0.1, -0.05) is 6.07 Å². The molecular weight excluding hydrogens is 266 g/mol. The van der Waals surface area contributed by atoms with E-state index in [9.17, 15) is 9.59 Å². The second-order valence-corrected chi connectivity index (χ2v) is 4.64. The van der Waals surface area contributed by atoms with Crippen LogP contribution in [0.1, 0.15) is 21.6 Å². The summed E-state index contributed by atoms with van der Waals surface area (Å²) in [6.07, 6.45) is 3.36. The minimum atomic E-state index is -1.09. The van der Waals surface area contributed by atoms with Gasteiger partial charge in [0, 0.05) is 12.4 Å². The van der Waals surface area contributed by atoms with E-state index in [1.165, 1.54) is 0 Å². The molecule has 0 bridgehead atoms. The highest BCUT2D eigenvalue weighted by Gasteiger charge is 2.19. The van der Waals surface area contributed by atoms with Crippen LogP contribution in [-0.4, -0.2) is 26.3 Å². The molecule has 0 saturated carbocycles. The number of carbonyl (C=O) groups is 2. The van der Waals surface area contributed by atoms with Gasteiger partial charge < -0.3 is 10.4 Å². The summed E-state index contributed by atoms with van der Waals surface area (Å²) in [6, 6.07) is 3.52. The standard InChI is InChI=1S/C12H11N3O3S/c1-7-10(12(17)18)11(19-15-7)14-9(16)5-8-3-2-4-13-6-8/h2-4,6H,5H2,1H3,(H,14,16)(H,17,18). The van der Waals surface area contributed by atoms with E-state index in [4.69, 9.17) is 5.11 Å². The SMILES string of the molecule is Cc1nsc(NC(=O)Cc2cccnc2)c1C(=O)O. The lowest BCUT2D eigenvalue weighted by Crippen LogP contribution is -2.15. The Morgan fingerprint density at radius 3 is 2.89 bits per heavy atom. The van der Waals surface area contributed by atoms with Crippen molar-refractivity contribution in [3.8, 4) is 0 Å². The molecule has 1 amide bonds. The Labute approximate surface area is 113 Å². The Hall–Kier alpha value is -2.28. The third-order valence-electron chi connectivity index (χ3n) is 2.42. The van der Waals surface area contributed by atoms with Crippen LogP contribution in [0.25, 0.3) is 0 Å². The van der Waals surface area contributed by atoms with E-state index < -0.39 is 5.97 Å². The number of anilines is 1. The van der Waals surface area contributed by atoms with Gasteiger partial charge in [0.2, 0.25) is 5.91 Å². The highest BCUT2D eigenvalue weighted by atomic mass is 32.1. The molecule has 0 spiro atoms. The fourth-order valence-electron chi connectivity index (χ4n) is 1.57. The minimum absolute atomic E-state index is 0.0459. The number of nitrogens with one attached hydrogen (secondary N) is 1. The maximum Gasteiger partial charge on any atom is 0.340 e. The quantitative estimate of drug-likeness (QED) is 0.887. The lowest BCUT2D eigenvalue weighted by molar-refractivity contribution is -0.115. The molecule has 0 unspecified atom stereocenters. The molecule has 0 aliphatic carbocycles. The number of amides is 1. The number of hydrogen-bond donors (Lipinski definition) is 2. The van der Waals surface area contributed by atoms with Crippen LogP contribution in [-0.2, 0) is 11.2 Å². The fourth-order valence-corrected chi connectivity index (χ4v) is 2.37. The average molecular weight is 277 g/mol. The molecule has 2 rings (SSSR count). The van der Waals surface area contributed by atoms with E-state index in [0.717, 1.165) is 17.1 Å². The number of pyridine rings is 1. The molecular formula is C12H11N3O3S. The molecule has 7 heteroatoms. The van der Waals surface area contributed by atoms with Crippen LogP contribution in [0.5, 0.6) is 0 Å². The molecule has 0 radical (unpaired) electrons. The second-order valence-electron chi connectivity index (χ2n) is 3.86. The van der Waals surface area contributed by atoms with Gasteiger partial charge in [-0.3, -0.25) is 9.78 Å². The van der Waals surface area contributed by atoms with Crippen LogP contribution < -0.4 is 5.32 Å². The molecule has 19 heavy (non-hydrogen) atoms. The number of rotatable bonds is 4. The Morgan fingerprint density at radius 2 is 2.26 bits per heavy atom. The normalized spacial score (nSPS) is 10.2. The van der Waals surface area contributed by atoms with Gasteiger partial charge in [-0.15, -0.1) is 0 Å². The van der Waals surface area contributed by atoms with Gasteiger partial charge in [-0.2, -0.15) is 4.37 Å². The summed E-state index contributed by atoms with van der Waals surface area (Å²) in [5.74, 6) is -1.39. The number of nitrogens with zero attached hydrogens (tertiary/aromatic N) is 2. The predicted molar refractivity (Wildman–Crippen MR) is 70.4 cm³/mol. The van der Waals surface area contributed by atoms with Crippen LogP contribution in [0, 0.1) is 6.92 Å². The topological polar surface area (TPSA) is 92.2 Å². The van der Waals surface area contributed by atoms with E-state index in [0.29, 0.717) is 5.69 Å². The Bertz CT molecular complexity index is 610. The summed E-state index contributed by atoms with van der Waals surface area (Å²) in [6.45, 7) is 1.59. The van der Waals surface area contributed by atoms with Crippen molar-refractivity contribution in [2.24, 2.45) is 0 Å². The fraction of sp³-hybridized carbons (Fsp3) is 0.167. The first kappa shape index (κ1) is 13.2. The van der Waals surface area contributed by atoms with Gasteiger partial charge in [0.1, 0.15) is 10.6 Å². The summed E-state index contributed by atoms with van der Waals surface area (Å²) in [5, 5.41) is 11.9. The van der Waals surface area contributed by atoms with Crippen molar-refractivity contribution >= 4 is 28.4 Å². The van der Waals surface area contributed by atoms with Crippen molar-refractivity contribution < 1.29 is 14.7 Å². The van der Waals surface area contributed by atoms with Crippen LogP contribution in [0.3, 0.4) is 0 Å². The third kappa shape index (κ3) is 3.14. The molecule has 0 atom stereocenters. The largest absolute Gasteiger partial charge is 0.478 e. The molecule has 0 saturated heterocycles. The molecule has 2 N–H and O–H groups in total. The monoisotopic (exact) mass is 277 g/mol. The van der Waals surface area contributed by atoms with E-state index in [-0.39, 0.29) is 22.9 Å². The van der Waals surface area contributed by atoms with Gasteiger partial charge in [-0.25, -0.2) is 4.79 Å². The molecule has 0 fully saturated rings. The number of carboxylic acids is 1. The molecule has 0 aliphatic heterocycles. The van der Waals surface area contributed by atoms with Crippen LogP contribution in [0.4, 0.5) is 5.00 Å². The van der Waals surface area contributed by atoms with E-state index >= 15 is 0 Å². The van der Waals surface area contributed by atoms with Crippen molar-refractivity contribution in [2.75, 3.05) is 5.32 Å². The van der Waals surface area contributed by atoms with Gasteiger partial charge in [0.25, 0.3) is 0 Å². The van der Waals surface area contributed by atoms with E-state index in [1.54, 1.807) is 31.5 Å². The molecule has 2 heterocycles. The summed E-state index contributed by atoms with van der Waals surface area (Å²) in [7, 11) is 0. The molecule has 98 valence electrons. The minimum Gasteiger partial charge on any atom is -0.478 e. The Morgan fingerprint density at radius 1 is 1.47 bits per heavy atom. The van der Waals surface area contributed by atoms with Crippen molar-refractivity contribution in [3.63, 3.8) is 0 Å². The van der Waals surface area contributed by atoms with Crippen molar-refractivity contribution in [1.82, 2.24) is 9.36 Å². The average Bonchev–Trinajstić information content (AvgIpc) is 2.71. The summed E-state index contributed by atoms with van der Waals surface area (Å²) in [5.41, 5.74) is 1.21. The number of aromatic carboxylic acids is 1. The Balaban J connectivity index is 2.10. The lowest BCUT2D eigenvalue weighted by atomic mass is 10.2. The highest BCUT2D eigenvalue weighted by molar-refractivity contribution is 7.11. The highest BCUT2D eigenvalue weighted by Crippen LogP contribution is 2.24. The first-order valence-corrected chi connectivity index (χ1v) is 6.23. The number of carboxylic acid groups (broad SMARTS) is 1. The molecule has 6 nitrogen and oxygen atoms in total. The number of aryl methyl sites for hydroxylation is 1. The van der Waals surface area contributed by atoms with Crippen molar-refractivity contribution in [3.05, 3.63) is 41.3 Å². The van der Waals surface area contributed by atoms with Gasteiger partial charge in [0.05, 0.1) is 12.1 Å². The lowest BCUT2D eigenvalue weighted by Gasteiger charge is -2.03. The molecule has 2 aromatic rings. The van der Waals surface area contributed by atoms with E-state index in [1.807, 2.05) is 0 Å². The zero-order valence-electron chi connectivity index (χ0n) is 10.1. The maximum absolute atomic E-state index is 11.8. The van der Waals surface area contributed by atoms with Crippen LogP contribution in [0.2, 0.25) is 0 Å². The van der Waals surface area contributed by atoms with Gasteiger partial charge in [0.15, 0.2) is 0 Å². The Kier molecular flexibility index (Phi) is 3.86. The van der Waals surface area contributed by atoms with E-state index in [2.05, 4.69) is 14.7 Å². The number of carbonyl (C=O) groups excluding carboxylic acids is 1.